The Balaban J connectivity index is 3.08. The summed E-state index contributed by atoms with van der Waals surface area (Å²) in [4.78, 5) is 25.2. The van der Waals surface area contributed by atoms with Crippen molar-refractivity contribution in [3.63, 3.8) is 0 Å². The van der Waals surface area contributed by atoms with Crippen molar-refractivity contribution in [2.45, 2.75) is 32.7 Å². The van der Waals surface area contributed by atoms with Crippen molar-refractivity contribution in [2.24, 2.45) is 5.92 Å². The Hall–Kier alpha value is -1.97. The number of aliphatic hydroxyl groups excluding tert-OH is 1. The molecule has 21 heavy (non-hydrogen) atoms. The second-order valence-corrected chi connectivity index (χ2v) is 4.96. The van der Waals surface area contributed by atoms with E-state index in [-0.39, 0.29) is 24.0 Å². The van der Waals surface area contributed by atoms with Crippen LogP contribution in [0.3, 0.4) is 0 Å². The van der Waals surface area contributed by atoms with E-state index in [1.165, 1.54) is 0 Å². The quantitative estimate of drug-likeness (QED) is 0.616. The first kappa shape index (κ1) is 17.1. The molecule has 1 rings (SSSR count). The normalized spacial score (nSPS) is 13.5. The van der Waals surface area contributed by atoms with Gasteiger partial charge in [0.25, 0.3) is 5.56 Å². The summed E-state index contributed by atoms with van der Waals surface area (Å²) in [5.74, 6) is -0.239. The number of aliphatic hydroxyl groups is 1. The maximum Gasteiger partial charge on any atom is 0.416 e. The number of alkyl halides is 3. The first-order chi connectivity index (χ1) is 9.54. The van der Waals surface area contributed by atoms with Crippen LogP contribution < -0.4 is 22.3 Å². The highest BCUT2D eigenvalue weighted by Crippen LogP contribution is 2.20. The number of H-pyrrole nitrogens is 1. The lowest BCUT2D eigenvalue weighted by Crippen LogP contribution is -2.39. The van der Waals surface area contributed by atoms with Gasteiger partial charge in [-0.2, -0.15) is 13.2 Å². The van der Waals surface area contributed by atoms with Gasteiger partial charge in [-0.1, -0.05) is 13.8 Å². The molecule has 1 aromatic heterocycles. The van der Waals surface area contributed by atoms with Crippen molar-refractivity contribution in [3.05, 3.63) is 20.8 Å². The molecule has 0 spiro atoms. The predicted molar refractivity (Wildman–Crippen MR) is 71.1 cm³/mol. The van der Waals surface area contributed by atoms with Gasteiger partial charge in [0.15, 0.2) is 6.10 Å². The minimum absolute atomic E-state index is 0.0320. The number of rotatable bonds is 5. The Morgan fingerprint density at radius 3 is 2.43 bits per heavy atom. The standard InChI is InChI=1S/C11H17F3N4O3/c1-5(2)4-18-8(15)7(9(20)17-10(18)21)16-3-6(19)11(12,13)14/h5-6,16,19H,3-4,15H2,1-2H3,(H,17,20,21). The molecule has 1 unspecified atom stereocenters. The number of halogens is 3. The van der Waals surface area contributed by atoms with Gasteiger partial charge in [-0.05, 0) is 5.92 Å². The van der Waals surface area contributed by atoms with Gasteiger partial charge >= 0.3 is 11.9 Å². The molecule has 1 aromatic rings. The molecule has 120 valence electrons. The van der Waals surface area contributed by atoms with Crippen LogP contribution in [-0.2, 0) is 6.54 Å². The van der Waals surface area contributed by atoms with Crippen LogP contribution in [0.5, 0.6) is 0 Å². The SMILES string of the molecule is CC(C)Cn1c(N)c(NCC(O)C(F)(F)F)c(=O)[nH]c1=O. The van der Waals surface area contributed by atoms with Crippen molar-refractivity contribution in [3.8, 4) is 0 Å². The zero-order valence-corrected chi connectivity index (χ0v) is 11.5. The topological polar surface area (TPSA) is 113 Å². The van der Waals surface area contributed by atoms with Gasteiger partial charge in [-0.25, -0.2) is 4.79 Å². The summed E-state index contributed by atoms with van der Waals surface area (Å²) in [6, 6.07) is 0. The molecule has 0 saturated carbocycles. The van der Waals surface area contributed by atoms with Gasteiger partial charge in [-0.15, -0.1) is 0 Å². The average Bonchev–Trinajstić information content (AvgIpc) is 2.32. The maximum absolute atomic E-state index is 12.2. The first-order valence-electron chi connectivity index (χ1n) is 6.15. The highest BCUT2D eigenvalue weighted by molar-refractivity contribution is 5.60. The zero-order chi connectivity index (χ0) is 16.4. The van der Waals surface area contributed by atoms with E-state index in [1.54, 1.807) is 13.8 Å². The van der Waals surface area contributed by atoms with Gasteiger partial charge in [0.1, 0.15) is 11.5 Å². The van der Waals surface area contributed by atoms with E-state index in [2.05, 4.69) is 5.32 Å². The second kappa shape index (κ2) is 6.20. The van der Waals surface area contributed by atoms with E-state index in [0.29, 0.717) is 0 Å². The lowest BCUT2D eigenvalue weighted by Gasteiger charge is -2.18. The first-order valence-corrected chi connectivity index (χ1v) is 6.15. The third-order valence-corrected chi connectivity index (χ3v) is 2.64. The van der Waals surface area contributed by atoms with Crippen molar-refractivity contribution >= 4 is 11.5 Å². The van der Waals surface area contributed by atoms with Crippen LogP contribution in [0.25, 0.3) is 0 Å². The van der Waals surface area contributed by atoms with Crippen molar-refractivity contribution < 1.29 is 18.3 Å². The number of aromatic amines is 1. The highest BCUT2D eigenvalue weighted by atomic mass is 19.4. The van der Waals surface area contributed by atoms with E-state index in [1.807, 2.05) is 4.98 Å². The van der Waals surface area contributed by atoms with Crippen LogP contribution in [0.15, 0.2) is 9.59 Å². The zero-order valence-electron chi connectivity index (χ0n) is 11.5. The fourth-order valence-electron chi connectivity index (χ4n) is 1.62. The van der Waals surface area contributed by atoms with Crippen LogP contribution >= 0.6 is 0 Å². The van der Waals surface area contributed by atoms with Gasteiger partial charge < -0.3 is 16.2 Å². The Labute approximate surface area is 117 Å². The molecule has 0 aliphatic rings. The van der Waals surface area contributed by atoms with Crippen molar-refractivity contribution in [1.82, 2.24) is 9.55 Å². The molecule has 0 aliphatic carbocycles. The monoisotopic (exact) mass is 310 g/mol. The van der Waals surface area contributed by atoms with E-state index >= 15 is 0 Å². The van der Waals surface area contributed by atoms with Crippen LogP contribution in [0.1, 0.15) is 13.8 Å². The number of nitrogens with one attached hydrogen (secondary N) is 2. The molecule has 10 heteroatoms. The van der Waals surface area contributed by atoms with Gasteiger partial charge in [0, 0.05) is 6.54 Å². The Kier molecular flexibility index (Phi) is 5.05. The molecule has 0 radical (unpaired) electrons. The summed E-state index contributed by atoms with van der Waals surface area (Å²) < 4.78 is 37.7. The van der Waals surface area contributed by atoms with Gasteiger partial charge in [0.05, 0.1) is 6.54 Å². The van der Waals surface area contributed by atoms with Crippen LogP contribution in [0.2, 0.25) is 0 Å². The summed E-state index contributed by atoms with van der Waals surface area (Å²) in [5, 5.41) is 11.0. The van der Waals surface area contributed by atoms with E-state index in [4.69, 9.17) is 10.8 Å². The number of hydrogen-bond donors (Lipinski definition) is 4. The predicted octanol–water partition coefficient (Wildman–Crippen LogP) is 0.110. The molecule has 0 amide bonds. The molecule has 1 atom stereocenters. The van der Waals surface area contributed by atoms with Crippen molar-refractivity contribution in [2.75, 3.05) is 17.6 Å². The molecule has 0 bridgehead atoms. The molecule has 0 aliphatic heterocycles. The maximum atomic E-state index is 12.2. The van der Waals surface area contributed by atoms with E-state index < -0.39 is 30.1 Å². The molecule has 0 fully saturated rings. The highest BCUT2D eigenvalue weighted by Gasteiger charge is 2.38. The van der Waals surface area contributed by atoms with Crippen LogP contribution in [0, 0.1) is 5.92 Å². The number of aromatic nitrogens is 2. The third-order valence-electron chi connectivity index (χ3n) is 2.64. The summed E-state index contributed by atoms with van der Waals surface area (Å²) in [6.45, 7) is 2.85. The van der Waals surface area contributed by atoms with Crippen LogP contribution in [-0.4, -0.2) is 33.5 Å². The average molecular weight is 310 g/mol. The minimum atomic E-state index is -4.82. The van der Waals surface area contributed by atoms with E-state index in [9.17, 15) is 22.8 Å². The minimum Gasteiger partial charge on any atom is -0.383 e. The largest absolute Gasteiger partial charge is 0.416 e. The molecule has 0 saturated heterocycles. The smallest absolute Gasteiger partial charge is 0.383 e. The van der Waals surface area contributed by atoms with E-state index in [0.717, 1.165) is 4.57 Å². The lowest BCUT2D eigenvalue weighted by atomic mass is 10.2. The molecule has 1 heterocycles. The Morgan fingerprint density at radius 2 is 1.95 bits per heavy atom. The Morgan fingerprint density at radius 1 is 1.38 bits per heavy atom. The van der Waals surface area contributed by atoms with Crippen molar-refractivity contribution in [1.29, 1.82) is 0 Å². The van der Waals surface area contributed by atoms with Gasteiger partial charge in [0.2, 0.25) is 0 Å². The lowest BCUT2D eigenvalue weighted by molar-refractivity contribution is -0.198. The summed E-state index contributed by atoms with van der Waals surface area (Å²) in [7, 11) is 0. The molecule has 5 N–H and O–H groups in total. The molecule has 7 nitrogen and oxygen atoms in total. The second-order valence-electron chi connectivity index (χ2n) is 4.96. The number of nitrogens with two attached hydrogens (primary N) is 1. The van der Waals surface area contributed by atoms with Crippen LogP contribution in [0.4, 0.5) is 24.7 Å². The summed E-state index contributed by atoms with van der Waals surface area (Å²) in [6.07, 6.45) is -7.47. The number of nitrogens with zero attached hydrogens (tertiary/aromatic N) is 1. The number of hydrogen-bond acceptors (Lipinski definition) is 5. The fourth-order valence-corrected chi connectivity index (χ4v) is 1.62. The molecule has 0 aromatic carbocycles. The third kappa shape index (κ3) is 4.25. The fraction of sp³-hybridized carbons (Fsp3) is 0.636. The number of nitrogen functional groups attached to an aromatic ring is 1. The molecular formula is C11H17F3N4O3. The molecular weight excluding hydrogens is 293 g/mol. The summed E-state index contributed by atoms with van der Waals surface area (Å²) >= 11 is 0. The van der Waals surface area contributed by atoms with Gasteiger partial charge in [-0.3, -0.25) is 14.3 Å². The Bertz CT molecular complexity index is 606. The number of anilines is 2. The summed E-state index contributed by atoms with van der Waals surface area (Å²) in [5.41, 5.74) is 3.59.